The molecule has 7 nitrogen and oxygen atoms in total. The predicted molar refractivity (Wildman–Crippen MR) is 94.2 cm³/mol. The fraction of sp³-hybridized carbons (Fsp3) is 0.167. The fourth-order valence-corrected chi connectivity index (χ4v) is 2.52. The summed E-state index contributed by atoms with van der Waals surface area (Å²) in [7, 11) is 0. The van der Waals surface area contributed by atoms with Gasteiger partial charge in [0.25, 0.3) is 0 Å². The summed E-state index contributed by atoms with van der Waals surface area (Å²) >= 11 is 0. The molecule has 1 aliphatic heterocycles. The van der Waals surface area contributed by atoms with Gasteiger partial charge in [0.2, 0.25) is 12.7 Å². The van der Waals surface area contributed by atoms with Crippen LogP contribution in [0.5, 0.6) is 11.5 Å². The average molecular weight is 335 g/mol. The van der Waals surface area contributed by atoms with E-state index < -0.39 is 0 Å². The van der Waals surface area contributed by atoms with Crippen LogP contribution in [0.15, 0.2) is 48.8 Å². The summed E-state index contributed by atoms with van der Waals surface area (Å²) in [4.78, 5) is 13.0. The largest absolute Gasteiger partial charge is 0.454 e. The summed E-state index contributed by atoms with van der Waals surface area (Å²) in [5.41, 5.74) is 2.86. The highest BCUT2D eigenvalue weighted by Crippen LogP contribution is 2.35. The first-order chi connectivity index (χ1) is 12.3. The number of fused-ring (bicyclic) bond motifs is 1. The molecule has 0 fully saturated rings. The minimum Gasteiger partial charge on any atom is -0.454 e. The lowest BCUT2D eigenvalue weighted by molar-refractivity contribution is 0.174. The van der Waals surface area contributed by atoms with Crippen LogP contribution in [0.25, 0.3) is 0 Å². The SMILES string of the molecule is Cc1cc(Nc2ccc3c(c2)OCO3)nc(NCc2ccncc2)n1. The highest BCUT2D eigenvalue weighted by atomic mass is 16.7. The van der Waals surface area contributed by atoms with Crippen LogP contribution in [0.3, 0.4) is 0 Å². The van der Waals surface area contributed by atoms with Crippen LogP contribution in [0, 0.1) is 6.92 Å². The molecule has 1 aromatic carbocycles. The third-order valence-corrected chi connectivity index (χ3v) is 3.70. The molecule has 0 unspecified atom stereocenters. The van der Waals surface area contributed by atoms with E-state index in [9.17, 15) is 0 Å². The number of hydrogen-bond acceptors (Lipinski definition) is 7. The summed E-state index contributed by atoms with van der Waals surface area (Å²) in [5.74, 6) is 2.76. The van der Waals surface area contributed by atoms with E-state index in [2.05, 4.69) is 25.6 Å². The van der Waals surface area contributed by atoms with Gasteiger partial charge >= 0.3 is 0 Å². The van der Waals surface area contributed by atoms with Crippen molar-refractivity contribution < 1.29 is 9.47 Å². The molecule has 3 aromatic rings. The van der Waals surface area contributed by atoms with Crippen molar-refractivity contribution in [3.05, 3.63) is 60.0 Å². The fourth-order valence-electron chi connectivity index (χ4n) is 2.52. The van der Waals surface area contributed by atoms with Gasteiger partial charge in [0.05, 0.1) is 0 Å². The zero-order valence-corrected chi connectivity index (χ0v) is 13.7. The number of aromatic nitrogens is 3. The number of hydrogen-bond donors (Lipinski definition) is 2. The first-order valence-electron chi connectivity index (χ1n) is 7.91. The van der Waals surface area contributed by atoms with E-state index in [1.54, 1.807) is 12.4 Å². The Kier molecular flexibility index (Phi) is 4.04. The highest BCUT2D eigenvalue weighted by Gasteiger charge is 2.13. The zero-order valence-electron chi connectivity index (χ0n) is 13.7. The first-order valence-corrected chi connectivity index (χ1v) is 7.91. The van der Waals surface area contributed by atoms with Gasteiger partial charge in [-0.3, -0.25) is 4.98 Å². The lowest BCUT2D eigenvalue weighted by Crippen LogP contribution is -2.06. The van der Waals surface area contributed by atoms with Crippen LogP contribution in [0.4, 0.5) is 17.5 Å². The Morgan fingerprint density at radius 3 is 2.72 bits per heavy atom. The number of ether oxygens (including phenoxy) is 2. The molecule has 7 heteroatoms. The lowest BCUT2D eigenvalue weighted by atomic mass is 10.2. The monoisotopic (exact) mass is 335 g/mol. The maximum absolute atomic E-state index is 5.40. The van der Waals surface area contributed by atoms with E-state index in [1.165, 1.54) is 0 Å². The number of nitrogens with one attached hydrogen (secondary N) is 2. The third-order valence-electron chi connectivity index (χ3n) is 3.70. The van der Waals surface area contributed by atoms with E-state index in [4.69, 9.17) is 9.47 Å². The Bertz CT molecular complexity index is 886. The highest BCUT2D eigenvalue weighted by molar-refractivity contribution is 5.62. The van der Waals surface area contributed by atoms with Crippen LogP contribution < -0.4 is 20.1 Å². The zero-order chi connectivity index (χ0) is 17.1. The summed E-state index contributed by atoms with van der Waals surface area (Å²) in [5, 5.41) is 6.51. The smallest absolute Gasteiger partial charge is 0.231 e. The molecule has 3 heterocycles. The van der Waals surface area contributed by atoms with Gasteiger partial charge in [-0.05, 0) is 36.8 Å². The Hall–Kier alpha value is -3.35. The molecule has 0 bridgehead atoms. The number of anilines is 3. The lowest BCUT2D eigenvalue weighted by Gasteiger charge is -2.10. The summed E-state index contributed by atoms with van der Waals surface area (Å²) < 4.78 is 10.7. The molecule has 0 radical (unpaired) electrons. The van der Waals surface area contributed by atoms with E-state index in [-0.39, 0.29) is 6.79 Å². The van der Waals surface area contributed by atoms with Gasteiger partial charge < -0.3 is 20.1 Å². The molecule has 0 saturated heterocycles. The van der Waals surface area contributed by atoms with Gasteiger partial charge in [-0.1, -0.05) is 0 Å². The normalized spacial score (nSPS) is 12.0. The van der Waals surface area contributed by atoms with E-state index in [0.29, 0.717) is 18.3 Å². The maximum Gasteiger partial charge on any atom is 0.231 e. The standard InChI is InChI=1S/C18H17N5O2/c1-12-8-17(22-14-2-3-15-16(9-14)25-11-24-15)23-18(21-12)20-10-13-4-6-19-7-5-13/h2-9H,10-11H2,1H3,(H2,20,21,22,23). The predicted octanol–water partition coefficient (Wildman–Crippen LogP) is 3.26. The molecule has 126 valence electrons. The Balaban J connectivity index is 1.49. The van der Waals surface area contributed by atoms with E-state index in [1.807, 2.05) is 43.3 Å². The number of aryl methyl sites for hydroxylation is 1. The number of rotatable bonds is 5. The van der Waals surface area contributed by atoms with E-state index >= 15 is 0 Å². The van der Waals surface area contributed by atoms with Crippen molar-refractivity contribution in [2.24, 2.45) is 0 Å². The van der Waals surface area contributed by atoms with Gasteiger partial charge in [0, 0.05) is 42.5 Å². The first kappa shape index (κ1) is 15.2. The van der Waals surface area contributed by atoms with Crippen molar-refractivity contribution in [3.8, 4) is 11.5 Å². The summed E-state index contributed by atoms with van der Waals surface area (Å²) in [6, 6.07) is 11.5. The average Bonchev–Trinajstić information content (AvgIpc) is 3.08. The molecule has 4 rings (SSSR count). The quantitative estimate of drug-likeness (QED) is 0.740. The second-order valence-electron chi connectivity index (χ2n) is 5.62. The molecular weight excluding hydrogens is 318 g/mol. The Morgan fingerprint density at radius 2 is 1.84 bits per heavy atom. The minimum atomic E-state index is 0.258. The van der Waals surface area contributed by atoms with Crippen molar-refractivity contribution in [3.63, 3.8) is 0 Å². The van der Waals surface area contributed by atoms with E-state index in [0.717, 1.165) is 28.4 Å². The van der Waals surface area contributed by atoms with Gasteiger partial charge in [0.1, 0.15) is 5.82 Å². The summed E-state index contributed by atoms with van der Waals surface area (Å²) in [6.07, 6.45) is 3.53. The Morgan fingerprint density at radius 1 is 1.00 bits per heavy atom. The molecular formula is C18H17N5O2. The molecule has 0 saturated carbocycles. The second kappa shape index (κ2) is 6.64. The van der Waals surface area contributed by atoms with Crippen LogP contribution in [0.1, 0.15) is 11.3 Å². The summed E-state index contributed by atoms with van der Waals surface area (Å²) in [6.45, 7) is 2.83. The maximum atomic E-state index is 5.40. The molecule has 1 aliphatic rings. The molecule has 2 N–H and O–H groups in total. The van der Waals surface area contributed by atoms with Gasteiger partial charge in [-0.2, -0.15) is 4.98 Å². The van der Waals surface area contributed by atoms with Crippen molar-refractivity contribution >= 4 is 17.5 Å². The van der Waals surface area contributed by atoms with Gasteiger partial charge in [0.15, 0.2) is 11.5 Å². The van der Waals surface area contributed by atoms with Crippen molar-refractivity contribution in [2.75, 3.05) is 17.4 Å². The molecule has 0 spiro atoms. The second-order valence-corrected chi connectivity index (χ2v) is 5.62. The molecule has 0 amide bonds. The molecule has 2 aromatic heterocycles. The number of benzene rings is 1. The number of pyridine rings is 1. The van der Waals surface area contributed by atoms with Gasteiger partial charge in [-0.25, -0.2) is 4.98 Å². The van der Waals surface area contributed by atoms with Crippen LogP contribution >= 0.6 is 0 Å². The molecule has 0 atom stereocenters. The minimum absolute atomic E-state index is 0.258. The molecule has 0 aliphatic carbocycles. The van der Waals surface area contributed by atoms with Gasteiger partial charge in [-0.15, -0.1) is 0 Å². The molecule has 25 heavy (non-hydrogen) atoms. The Labute approximate surface area is 145 Å². The van der Waals surface area contributed by atoms with Crippen molar-refractivity contribution in [1.82, 2.24) is 15.0 Å². The topological polar surface area (TPSA) is 81.2 Å². The van der Waals surface area contributed by atoms with Crippen LogP contribution in [-0.4, -0.2) is 21.7 Å². The third kappa shape index (κ3) is 3.60. The number of nitrogens with zero attached hydrogens (tertiary/aromatic N) is 3. The van der Waals surface area contributed by atoms with Crippen molar-refractivity contribution in [2.45, 2.75) is 13.5 Å². The van der Waals surface area contributed by atoms with Crippen LogP contribution in [0.2, 0.25) is 0 Å². The van der Waals surface area contributed by atoms with Crippen LogP contribution in [-0.2, 0) is 6.54 Å². The van der Waals surface area contributed by atoms with Crippen molar-refractivity contribution in [1.29, 1.82) is 0 Å².